The minimum Gasteiger partial charge on any atom is -0.493 e. The molecule has 0 aliphatic rings. The second-order valence-corrected chi connectivity index (χ2v) is 8.08. The van der Waals surface area contributed by atoms with Crippen LogP contribution in [0, 0.1) is 11.8 Å². The van der Waals surface area contributed by atoms with Crippen LogP contribution in [0.25, 0.3) is 10.8 Å². The van der Waals surface area contributed by atoms with Crippen LogP contribution >= 0.6 is 0 Å². The van der Waals surface area contributed by atoms with Crippen molar-refractivity contribution in [3.05, 3.63) is 36.4 Å². The first-order valence-electron chi connectivity index (χ1n) is 9.86. The molecule has 0 saturated carbocycles. The molecule has 148 valence electrons. The molecule has 0 aliphatic heterocycles. The smallest absolute Gasteiger partial charge is 0.256 e. The third-order valence-electron chi connectivity index (χ3n) is 4.45. The second kappa shape index (κ2) is 9.23. The molecule has 4 heteroatoms. The van der Waals surface area contributed by atoms with Gasteiger partial charge >= 0.3 is 0 Å². The fourth-order valence-corrected chi connectivity index (χ4v) is 3.33. The third kappa shape index (κ3) is 5.46. The summed E-state index contributed by atoms with van der Waals surface area (Å²) in [7, 11) is 0. The average molecular weight is 372 g/mol. The molecule has 2 aromatic rings. The zero-order valence-corrected chi connectivity index (χ0v) is 17.5. The molecular weight excluding hydrogens is 338 g/mol. The average Bonchev–Trinajstić information content (AvgIpc) is 2.60. The van der Waals surface area contributed by atoms with Gasteiger partial charge in [-0.2, -0.15) is 0 Å². The lowest BCUT2D eigenvalue weighted by Gasteiger charge is -2.30. The van der Waals surface area contributed by atoms with E-state index < -0.39 is 5.60 Å². The Kier molecular flexibility index (Phi) is 7.25. The Morgan fingerprint density at radius 1 is 1.04 bits per heavy atom. The first kappa shape index (κ1) is 21.2. The lowest BCUT2D eigenvalue weighted by molar-refractivity contribution is -0.140. The van der Waals surface area contributed by atoms with Crippen LogP contribution in [0.5, 0.6) is 5.75 Å². The Labute approximate surface area is 163 Å². The molecule has 0 spiro atoms. The maximum absolute atomic E-state index is 13.0. The van der Waals surface area contributed by atoms with Gasteiger partial charge in [-0.1, -0.05) is 52.0 Å². The molecule has 27 heavy (non-hydrogen) atoms. The van der Waals surface area contributed by atoms with Gasteiger partial charge in [-0.05, 0) is 44.2 Å². The van der Waals surface area contributed by atoms with Crippen molar-refractivity contribution in [3.8, 4) is 5.75 Å². The SMILES string of the molecule is CCO[C@](C)(CC(C)C)C(=O)Nc1ccc(OCC(C)C)c2ccccc12. The second-order valence-electron chi connectivity index (χ2n) is 8.08. The van der Waals surface area contributed by atoms with E-state index in [1.807, 2.05) is 50.2 Å². The Hall–Kier alpha value is -2.07. The number of nitrogens with one attached hydrogen (secondary N) is 1. The highest BCUT2D eigenvalue weighted by molar-refractivity contribution is 6.06. The zero-order chi connectivity index (χ0) is 20.0. The fourth-order valence-electron chi connectivity index (χ4n) is 3.33. The molecule has 4 nitrogen and oxygen atoms in total. The normalized spacial score (nSPS) is 13.8. The van der Waals surface area contributed by atoms with Crippen LogP contribution in [-0.2, 0) is 9.53 Å². The first-order valence-corrected chi connectivity index (χ1v) is 9.86. The topological polar surface area (TPSA) is 47.6 Å². The Balaban J connectivity index is 2.33. The maximum atomic E-state index is 13.0. The summed E-state index contributed by atoms with van der Waals surface area (Å²) < 4.78 is 11.8. The van der Waals surface area contributed by atoms with Crippen LogP contribution in [0.2, 0.25) is 0 Å². The standard InChI is InChI=1S/C23H33NO3/c1-7-27-23(6,14-16(2)3)22(25)24-20-12-13-21(26-15-17(4)5)19-11-9-8-10-18(19)20/h8-13,16-17H,7,14-15H2,1-6H3,(H,24,25)/t23-/m1/s1. The Morgan fingerprint density at radius 3 is 2.30 bits per heavy atom. The van der Waals surface area contributed by atoms with E-state index in [-0.39, 0.29) is 5.91 Å². The third-order valence-corrected chi connectivity index (χ3v) is 4.45. The van der Waals surface area contributed by atoms with Gasteiger partial charge in [0.05, 0.1) is 6.61 Å². The van der Waals surface area contributed by atoms with E-state index in [9.17, 15) is 4.79 Å². The summed E-state index contributed by atoms with van der Waals surface area (Å²) >= 11 is 0. The number of hydrogen-bond acceptors (Lipinski definition) is 3. The van der Waals surface area contributed by atoms with Gasteiger partial charge in [-0.25, -0.2) is 0 Å². The van der Waals surface area contributed by atoms with Crippen molar-refractivity contribution in [2.75, 3.05) is 18.5 Å². The predicted octanol–water partition coefficient (Wildman–Crippen LogP) is 5.65. The number of hydrogen-bond donors (Lipinski definition) is 1. The molecule has 0 heterocycles. The van der Waals surface area contributed by atoms with Crippen molar-refractivity contribution >= 4 is 22.4 Å². The lowest BCUT2D eigenvalue weighted by atomic mass is 9.92. The van der Waals surface area contributed by atoms with Crippen LogP contribution < -0.4 is 10.1 Å². The van der Waals surface area contributed by atoms with E-state index in [1.54, 1.807) is 0 Å². The minimum absolute atomic E-state index is 0.112. The number of rotatable bonds is 9. The maximum Gasteiger partial charge on any atom is 0.256 e. The van der Waals surface area contributed by atoms with E-state index in [0.717, 1.165) is 22.2 Å². The number of ether oxygens (including phenoxy) is 2. The summed E-state index contributed by atoms with van der Waals surface area (Å²) in [6.07, 6.45) is 0.667. The van der Waals surface area contributed by atoms with E-state index in [1.165, 1.54) is 0 Å². The molecule has 2 aromatic carbocycles. The van der Waals surface area contributed by atoms with Crippen molar-refractivity contribution in [2.24, 2.45) is 11.8 Å². The summed E-state index contributed by atoms with van der Waals surface area (Å²) in [5.74, 6) is 1.54. The van der Waals surface area contributed by atoms with Gasteiger partial charge in [-0.3, -0.25) is 4.79 Å². The molecule has 0 aromatic heterocycles. The molecule has 1 amide bonds. The van der Waals surface area contributed by atoms with Crippen molar-refractivity contribution in [1.82, 2.24) is 0 Å². The number of anilines is 1. The van der Waals surface area contributed by atoms with E-state index in [2.05, 4.69) is 33.0 Å². The molecule has 1 atom stereocenters. The molecule has 0 fully saturated rings. The van der Waals surface area contributed by atoms with E-state index in [4.69, 9.17) is 9.47 Å². The first-order chi connectivity index (χ1) is 12.8. The summed E-state index contributed by atoms with van der Waals surface area (Å²) in [5.41, 5.74) is -0.0706. The van der Waals surface area contributed by atoms with Crippen LogP contribution in [0.3, 0.4) is 0 Å². The Bertz CT molecular complexity index is 769. The number of fused-ring (bicyclic) bond motifs is 1. The largest absolute Gasteiger partial charge is 0.493 e. The monoisotopic (exact) mass is 371 g/mol. The molecule has 0 aliphatic carbocycles. The summed E-state index contributed by atoms with van der Waals surface area (Å²) in [4.78, 5) is 13.0. The number of amides is 1. The van der Waals surface area contributed by atoms with Gasteiger partial charge in [-0.15, -0.1) is 0 Å². The van der Waals surface area contributed by atoms with Crippen LogP contribution in [0.15, 0.2) is 36.4 Å². The van der Waals surface area contributed by atoms with Crippen LogP contribution in [0.1, 0.15) is 48.0 Å². The minimum atomic E-state index is -0.850. The number of benzene rings is 2. The summed E-state index contributed by atoms with van der Waals surface area (Å²) in [6, 6.07) is 11.8. The highest BCUT2D eigenvalue weighted by Crippen LogP contribution is 2.33. The van der Waals surface area contributed by atoms with Gasteiger partial charge in [0.25, 0.3) is 5.91 Å². The van der Waals surface area contributed by atoms with Crippen molar-refractivity contribution < 1.29 is 14.3 Å². The van der Waals surface area contributed by atoms with Gasteiger partial charge in [0, 0.05) is 23.1 Å². The molecule has 1 N–H and O–H groups in total. The Morgan fingerprint density at radius 2 is 1.70 bits per heavy atom. The molecule has 0 radical (unpaired) electrons. The fraction of sp³-hybridized carbons (Fsp3) is 0.522. The van der Waals surface area contributed by atoms with Gasteiger partial charge in [0.2, 0.25) is 0 Å². The van der Waals surface area contributed by atoms with E-state index in [0.29, 0.717) is 31.5 Å². The molecule has 2 rings (SSSR count). The number of carbonyl (C=O) groups is 1. The summed E-state index contributed by atoms with van der Waals surface area (Å²) in [6.45, 7) is 13.4. The van der Waals surface area contributed by atoms with Crippen molar-refractivity contribution in [1.29, 1.82) is 0 Å². The molecular formula is C23H33NO3. The quantitative estimate of drug-likeness (QED) is 0.619. The molecule has 0 saturated heterocycles. The van der Waals surface area contributed by atoms with Crippen molar-refractivity contribution in [3.63, 3.8) is 0 Å². The van der Waals surface area contributed by atoms with Gasteiger partial charge in [0.1, 0.15) is 11.4 Å². The predicted molar refractivity (Wildman–Crippen MR) is 112 cm³/mol. The highest BCUT2D eigenvalue weighted by atomic mass is 16.5. The molecule has 0 unspecified atom stereocenters. The van der Waals surface area contributed by atoms with Crippen LogP contribution in [-0.4, -0.2) is 24.7 Å². The van der Waals surface area contributed by atoms with Gasteiger partial charge < -0.3 is 14.8 Å². The van der Waals surface area contributed by atoms with Gasteiger partial charge in [0.15, 0.2) is 0 Å². The van der Waals surface area contributed by atoms with E-state index >= 15 is 0 Å². The van der Waals surface area contributed by atoms with Crippen LogP contribution in [0.4, 0.5) is 5.69 Å². The molecule has 0 bridgehead atoms. The highest BCUT2D eigenvalue weighted by Gasteiger charge is 2.35. The number of carbonyl (C=O) groups excluding carboxylic acids is 1. The zero-order valence-electron chi connectivity index (χ0n) is 17.5. The lowest BCUT2D eigenvalue weighted by Crippen LogP contribution is -2.44. The summed E-state index contributed by atoms with van der Waals surface area (Å²) in [5, 5.41) is 5.05. The van der Waals surface area contributed by atoms with Crippen molar-refractivity contribution in [2.45, 2.75) is 53.6 Å².